The molecule has 0 spiro atoms. The van der Waals surface area contributed by atoms with Gasteiger partial charge in [0.1, 0.15) is 12.2 Å². The van der Waals surface area contributed by atoms with E-state index in [1.807, 2.05) is 0 Å². The number of halogens is 9. The Hall–Kier alpha value is -3.83. The summed E-state index contributed by atoms with van der Waals surface area (Å²) >= 11 is 0. The molecule has 6 nitrogen and oxygen atoms in total. The second-order valence-electron chi connectivity index (χ2n) is 6.75. The molecule has 34 heavy (non-hydrogen) atoms. The van der Waals surface area contributed by atoms with E-state index in [9.17, 15) is 39.5 Å². The van der Waals surface area contributed by atoms with E-state index in [0.29, 0.717) is 17.0 Å². The Morgan fingerprint density at radius 1 is 0.941 bits per heavy atom. The van der Waals surface area contributed by atoms with Crippen LogP contribution in [0.2, 0.25) is 0 Å². The van der Waals surface area contributed by atoms with E-state index >= 15 is 0 Å². The number of alkyl halides is 9. The van der Waals surface area contributed by atoms with Gasteiger partial charge in [-0.05, 0) is 30.3 Å². The smallest absolute Gasteiger partial charge is 0.353 e. The maximum Gasteiger partial charge on any atom is 0.433 e. The van der Waals surface area contributed by atoms with Crippen LogP contribution in [0, 0.1) is 11.3 Å². The monoisotopic (exact) mass is 495 g/mol. The van der Waals surface area contributed by atoms with Gasteiger partial charge in [0.25, 0.3) is 0 Å². The Bertz CT molecular complexity index is 1190. The van der Waals surface area contributed by atoms with Crippen LogP contribution in [-0.4, -0.2) is 27.8 Å². The molecule has 0 saturated heterocycles. The van der Waals surface area contributed by atoms with Crippen molar-refractivity contribution in [2.24, 2.45) is 0 Å². The Labute approximate surface area is 184 Å². The van der Waals surface area contributed by atoms with Crippen LogP contribution in [0.5, 0.6) is 0 Å². The third-order valence-electron chi connectivity index (χ3n) is 4.27. The summed E-state index contributed by atoms with van der Waals surface area (Å²) in [7, 11) is 0. The van der Waals surface area contributed by atoms with Crippen LogP contribution in [0.25, 0.3) is 11.4 Å². The van der Waals surface area contributed by atoms with Crippen molar-refractivity contribution in [3.05, 3.63) is 59.2 Å². The standard InChI is InChI=1S/C19H10F9N5O/c20-17(21,22)9-33(12-3-1-10(6-29)13(5-12)18(23,24)25)8-15-31-16(32-34-15)11-2-4-14(30-7-11)19(26,27)28/h1-5,7H,8-9H2. The first-order valence-corrected chi connectivity index (χ1v) is 8.96. The van der Waals surface area contributed by atoms with Gasteiger partial charge < -0.3 is 9.42 Å². The van der Waals surface area contributed by atoms with Crippen molar-refractivity contribution >= 4 is 5.69 Å². The molecule has 3 rings (SSSR count). The molecule has 3 aromatic rings. The highest BCUT2D eigenvalue weighted by atomic mass is 19.4. The van der Waals surface area contributed by atoms with E-state index in [4.69, 9.17) is 9.78 Å². The zero-order valence-corrected chi connectivity index (χ0v) is 16.4. The highest BCUT2D eigenvalue weighted by molar-refractivity contribution is 5.56. The first-order valence-electron chi connectivity index (χ1n) is 8.96. The van der Waals surface area contributed by atoms with E-state index in [0.717, 1.165) is 24.4 Å². The van der Waals surface area contributed by atoms with Crippen molar-refractivity contribution < 1.29 is 44.0 Å². The molecule has 0 aliphatic carbocycles. The van der Waals surface area contributed by atoms with E-state index in [1.165, 1.54) is 6.07 Å². The zero-order valence-electron chi connectivity index (χ0n) is 16.4. The Morgan fingerprint density at radius 2 is 1.65 bits per heavy atom. The number of pyridine rings is 1. The SMILES string of the molecule is N#Cc1ccc(N(Cc2nc(-c3ccc(C(F)(F)F)nc3)no2)CC(F)(F)F)cc1C(F)(F)F. The fraction of sp³-hybridized carbons (Fsp3) is 0.263. The molecule has 15 heteroatoms. The zero-order chi connectivity index (χ0) is 25.3. The first kappa shape index (κ1) is 24.8. The van der Waals surface area contributed by atoms with Gasteiger partial charge in [0.05, 0.1) is 23.7 Å². The number of nitrogens with zero attached hydrogens (tertiary/aromatic N) is 5. The van der Waals surface area contributed by atoms with E-state index in [-0.39, 0.29) is 11.4 Å². The molecule has 2 heterocycles. The molecule has 0 amide bonds. The third-order valence-corrected chi connectivity index (χ3v) is 4.27. The molecule has 0 radical (unpaired) electrons. The minimum atomic E-state index is -5.00. The van der Waals surface area contributed by atoms with E-state index in [1.54, 1.807) is 0 Å². The van der Waals surface area contributed by atoms with Gasteiger partial charge >= 0.3 is 18.5 Å². The van der Waals surface area contributed by atoms with Gasteiger partial charge in [0.15, 0.2) is 0 Å². The summed E-state index contributed by atoms with van der Waals surface area (Å²) in [4.78, 5) is 7.46. The largest absolute Gasteiger partial charge is 0.433 e. The summed E-state index contributed by atoms with van der Waals surface area (Å²) < 4.78 is 122. The maximum atomic E-state index is 13.2. The second-order valence-corrected chi connectivity index (χ2v) is 6.75. The number of benzene rings is 1. The van der Waals surface area contributed by atoms with Crippen LogP contribution in [-0.2, 0) is 18.9 Å². The van der Waals surface area contributed by atoms with Gasteiger partial charge in [-0.2, -0.15) is 49.8 Å². The number of nitriles is 1. The normalized spacial score (nSPS) is 12.5. The molecule has 0 unspecified atom stereocenters. The Kier molecular flexibility index (Phi) is 6.45. The molecule has 0 fully saturated rings. The van der Waals surface area contributed by atoms with Gasteiger partial charge in [-0.1, -0.05) is 5.16 Å². The summed E-state index contributed by atoms with van der Waals surface area (Å²) in [5.74, 6) is -0.754. The summed E-state index contributed by atoms with van der Waals surface area (Å²) in [5.41, 5.74) is -3.97. The van der Waals surface area contributed by atoms with Crippen LogP contribution >= 0.6 is 0 Å². The van der Waals surface area contributed by atoms with E-state index < -0.39 is 60.0 Å². The number of anilines is 1. The molecule has 0 N–H and O–H groups in total. The maximum absolute atomic E-state index is 13.2. The Balaban J connectivity index is 1.92. The summed E-state index contributed by atoms with van der Waals surface area (Å²) in [6.07, 6.45) is -13.8. The average molecular weight is 495 g/mol. The highest BCUT2D eigenvalue weighted by Gasteiger charge is 2.36. The van der Waals surface area contributed by atoms with Gasteiger partial charge in [0, 0.05) is 17.4 Å². The minimum Gasteiger partial charge on any atom is -0.353 e. The molecular weight excluding hydrogens is 485 g/mol. The van der Waals surface area contributed by atoms with Gasteiger partial charge in [-0.3, -0.25) is 4.98 Å². The van der Waals surface area contributed by atoms with Crippen molar-refractivity contribution in [3.8, 4) is 17.5 Å². The molecular formula is C19H10F9N5O. The van der Waals surface area contributed by atoms with Crippen LogP contribution in [0.1, 0.15) is 22.7 Å². The lowest BCUT2D eigenvalue weighted by molar-refractivity contribution is -0.141. The quantitative estimate of drug-likeness (QED) is 0.429. The van der Waals surface area contributed by atoms with Crippen molar-refractivity contribution in [1.82, 2.24) is 15.1 Å². The Morgan fingerprint density at radius 3 is 2.18 bits per heavy atom. The molecule has 180 valence electrons. The number of aromatic nitrogens is 3. The minimum absolute atomic E-state index is 0.0388. The number of hydrogen-bond donors (Lipinski definition) is 0. The van der Waals surface area contributed by atoms with Crippen LogP contribution < -0.4 is 4.90 Å². The molecule has 0 aliphatic heterocycles. The van der Waals surface area contributed by atoms with Crippen molar-refractivity contribution in [3.63, 3.8) is 0 Å². The molecule has 0 bridgehead atoms. The predicted molar refractivity (Wildman–Crippen MR) is 95.8 cm³/mol. The lowest BCUT2D eigenvalue weighted by atomic mass is 10.1. The molecule has 0 atom stereocenters. The van der Waals surface area contributed by atoms with Crippen LogP contribution in [0.4, 0.5) is 45.2 Å². The molecule has 0 saturated carbocycles. The van der Waals surface area contributed by atoms with Crippen LogP contribution in [0.3, 0.4) is 0 Å². The van der Waals surface area contributed by atoms with Gasteiger partial charge in [-0.15, -0.1) is 0 Å². The number of hydrogen-bond acceptors (Lipinski definition) is 6. The highest BCUT2D eigenvalue weighted by Crippen LogP contribution is 2.35. The van der Waals surface area contributed by atoms with Crippen molar-refractivity contribution in [1.29, 1.82) is 5.26 Å². The lowest BCUT2D eigenvalue weighted by Gasteiger charge is -2.25. The van der Waals surface area contributed by atoms with Gasteiger partial charge in [-0.25, -0.2) is 0 Å². The average Bonchev–Trinajstić information content (AvgIpc) is 3.19. The molecule has 1 aromatic carbocycles. The fourth-order valence-corrected chi connectivity index (χ4v) is 2.81. The fourth-order valence-electron chi connectivity index (χ4n) is 2.81. The second kappa shape index (κ2) is 8.84. The van der Waals surface area contributed by atoms with Crippen molar-refractivity contribution in [2.75, 3.05) is 11.4 Å². The first-order chi connectivity index (χ1) is 15.7. The summed E-state index contributed by atoms with van der Waals surface area (Å²) in [6.45, 7) is -2.49. The van der Waals surface area contributed by atoms with Crippen LogP contribution in [0.15, 0.2) is 41.1 Å². The van der Waals surface area contributed by atoms with Gasteiger partial charge in [0.2, 0.25) is 11.7 Å². The third kappa shape index (κ3) is 5.94. The topological polar surface area (TPSA) is 78.8 Å². The van der Waals surface area contributed by atoms with Crippen molar-refractivity contribution in [2.45, 2.75) is 25.1 Å². The molecule has 0 aliphatic rings. The van der Waals surface area contributed by atoms with E-state index in [2.05, 4.69) is 15.1 Å². The summed E-state index contributed by atoms with van der Waals surface area (Å²) in [5, 5.41) is 12.3. The number of rotatable bonds is 5. The predicted octanol–water partition coefficient (Wildman–Crippen LogP) is 5.61. The lowest BCUT2D eigenvalue weighted by Crippen LogP contribution is -2.34. The summed E-state index contributed by atoms with van der Waals surface area (Å²) in [6, 6.07) is 4.95. The molecule has 2 aromatic heterocycles.